The summed E-state index contributed by atoms with van der Waals surface area (Å²) in [6, 6.07) is 3.58. The number of hydrogen-bond acceptors (Lipinski definition) is 2. The average molecular weight is 344 g/mol. The number of amidine groups is 1. The summed E-state index contributed by atoms with van der Waals surface area (Å²) in [4.78, 5) is 6.89. The SMILES string of the molecule is Fc1cc(I)cc2c1CN1CCCCCC1=N2. The predicted octanol–water partition coefficient (Wildman–Crippen LogP) is 3.85. The Kier molecular flexibility index (Phi) is 3.06. The minimum atomic E-state index is -0.112. The molecule has 0 unspecified atom stereocenters. The lowest BCUT2D eigenvalue weighted by Crippen LogP contribution is -2.32. The lowest BCUT2D eigenvalue weighted by Gasteiger charge is -2.29. The number of halogens is 2. The van der Waals surface area contributed by atoms with Crippen molar-refractivity contribution >= 4 is 34.1 Å². The molecule has 0 bridgehead atoms. The van der Waals surface area contributed by atoms with Crippen molar-refractivity contribution in [1.82, 2.24) is 4.90 Å². The van der Waals surface area contributed by atoms with Crippen LogP contribution in [0.1, 0.15) is 31.2 Å². The molecule has 90 valence electrons. The number of rotatable bonds is 0. The van der Waals surface area contributed by atoms with Gasteiger partial charge in [-0.2, -0.15) is 0 Å². The van der Waals surface area contributed by atoms with E-state index in [0.29, 0.717) is 6.54 Å². The Hall–Kier alpha value is -0.650. The molecule has 2 nitrogen and oxygen atoms in total. The van der Waals surface area contributed by atoms with E-state index in [1.54, 1.807) is 6.07 Å². The Morgan fingerprint density at radius 1 is 1.24 bits per heavy atom. The Balaban J connectivity index is 2.05. The van der Waals surface area contributed by atoms with Crippen molar-refractivity contribution in [3.63, 3.8) is 0 Å². The fourth-order valence-corrected chi connectivity index (χ4v) is 3.09. The van der Waals surface area contributed by atoms with Crippen LogP contribution in [0.5, 0.6) is 0 Å². The third-order valence-electron chi connectivity index (χ3n) is 3.43. The highest BCUT2D eigenvalue weighted by atomic mass is 127. The molecule has 1 aromatic rings. The van der Waals surface area contributed by atoms with E-state index < -0.39 is 0 Å². The minimum absolute atomic E-state index is 0.112. The van der Waals surface area contributed by atoms with Crippen molar-refractivity contribution in [3.05, 3.63) is 27.1 Å². The van der Waals surface area contributed by atoms with Crippen molar-refractivity contribution in [2.75, 3.05) is 6.54 Å². The van der Waals surface area contributed by atoms with E-state index in [4.69, 9.17) is 0 Å². The molecule has 0 radical (unpaired) electrons. The summed E-state index contributed by atoms with van der Waals surface area (Å²) in [5, 5.41) is 0. The predicted molar refractivity (Wildman–Crippen MR) is 75.1 cm³/mol. The molecule has 0 aromatic heterocycles. The molecule has 2 aliphatic rings. The van der Waals surface area contributed by atoms with Gasteiger partial charge in [-0.15, -0.1) is 0 Å². The van der Waals surface area contributed by atoms with Crippen LogP contribution in [0.3, 0.4) is 0 Å². The first-order valence-corrected chi connectivity index (χ1v) is 7.12. The van der Waals surface area contributed by atoms with Gasteiger partial charge in [-0.1, -0.05) is 6.42 Å². The van der Waals surface area contributed by atoms with Crippen LogP contribution >= 0.6 is 22.6 Å². The monoisotopic (exact) mass is 344 g/mol. The Morgan fingerprint density at radius 3 is 3.00 bits per heavy atom. The Labute approximate surface area is 114 Å². The molecule has 3 rings (SSSR count). The topological polar surface area (TPSA) is 15.6 Å². The van der Waals surface area contributed by atoms with Crippen molar-refractivity contribution in [2.24, 2.45) is 4.99 Å². The third kappa shape index (κ3) is 2.19. The van der Waals surface area contributed by atoms with E-state index in [0.717, 1.165) is 33.6 Å². The summed E-state index contributed by atoms with van der Waals surface area (Å²) in [5.41, 5.74) is 1.60. The van der Waals surface area contributed by atoms with Gasteiger partial charge >= 0.3 is 0 Å². The second-order valence-corrected chi connectivity index (χ2v) is 5.89. The molecule has 2 heterocycles. The summed E-state index contributed by atoms with van der Waals surface area (Å²) >= 11 is 2.14. The maximum atomic E-state index is 13.9. The van der Waals surface area contributed by atoms with Crippen LogP contribution < -0.4 is 0 Å². The van der Waals surface area contributed by atoms with Gasteiger partial charge in [0.1, 0.15) is 11.7 Å². The van der Waals surface area contributed by atoms with Gasteiger partial charge in [-0.25, -0.2) is 9.38 Å². The summed E-state index contributed by atoms with van der Waals surface area (Å²) in [6.07, 6.45) is 4.69. The molecular formula is C13H14FIN2. The highest BCUT2D eigenvalue weighted by molar-refractivity contribution is 14.1. The number of nitrogens with zero attached hydrogens (tertiary/aromatic N) is 2. The van der Waals surface area contributed by atoms with E-state index in [1.807, 2.05) is 6.07 Å². The molecule has 0 N–H and O–H groups in total. The summed E-state index contributed by atoms with van der Waals surface area (Å²) in [6.45, 7) is 1.71. The average Bonchev–Trinajstić information content (AvgIpc) is 2.51. The molecule has 0 aliphatic carbocycles. The number of benzene rings is 1. The van der Waals surface area contributed by atoms with E-state index in [1.165, 1.54) is 19.3 Å². The third-order valence-corrected chi connectivity index (χ3v) is 4.05. The van der Waals surface area contributed by atoms with Gasteiger partial charge in [0.25, 0.3) is 0 Å². The van der Waals surface area contributed by atoms with Crippen molar-refractivity contribution in [2.45, 2.75) is 32.2 Å². The molecule has 1 aromatic carbocycles. The van der Waals surface area contributed by atoms with Gasteiger partial charge < -0.3 is 4.90 Å². The van der Waals surface area contributed by atoms with Crippen molar-refractivity contribution < 1.29 is 4.39 Å². The first kappa shape index (κ1) is 11.4. The first-order chi connectivity index (χ1) is 8.24. The first-order valence-electron chi connectivity index (χ1n) is 6.04. The van der Waals surface area contributed by atoms with Crippen LogP contribution in [0.15, 0.2) is 17.1 Å². The highest BCUT2D eigenvalue weighted by Gasteiger charge is 2.23. The number of fused-ring (bicyclic) bond motifs is 2. The zero-order valence-corrected chi connectivity index (χ0v) is 11.7. The van der Waals surface area contributed by atoms with Crippen LogP contribution in [0.25, 0.3) is 0 Å². The maximum Gasteiger partial charge on any atom is 0.131 e. The second kappa shape index (κ2) is 4.55. The minimum Gasteiger partial charge on any atom is -0.356 e. The smallest absolute Gasteiger partial charge is 0.131 e. The lowest BCUT2D eigenvalue weighted by atomic mass is 10.1. The summed E-state index contributed by atoms with van der Waals surface area (Å²) < 4.78 is 14.8. The van der Waals surface area contributed by atoms with Gasteiger partial charge in [-0.05, 0) is 47.6 Å². The van der Waals surface area contributed by atoms with Gasteiger partial charge in [0.2, 0.25) is 0 Å². The number of hydrogen-bond donors (Lipinski definition) is 0. The molecule has 0 atom stereocenters. The maximum absolute atomic E-state index is 13.9. The van der Waals surface area contributed by atoms with Crippen LogP contribution in [-0.4, -0.2) is 17.3 Å². The molecule has 0 amide bonds. The molecule has 0 saturated carbocycles. The molecule has 1 saturated heterocycles. The van der Waals surface area contributed by atoms with E-state index in [2.05, 4.69) is 32.5 Å². The zero-order valence-electron chi connectivity index (χ0n) is 9.55. The Morgan fingerprint density at radius 2 is 2.12 bits per heavy atom. The fraction of sp³-hybridized carbons (Fsp3) is 0.462. The highest BCUT2D eigenvalue weighted by Crippen LogP contribution is 2.32. The largest absolute Gasteiger partial charge is 0.356 e. The van der Waals surface area contributed by atoms with Crippen LogP contribution in [0.4, 0.5) is 10.1 Å². The quantitative estimate of drug-likeness (QED) is 0.653. The zero-order chi connectivity index (χ0) is 11.8. The van der Waals surface area contributed by atoms with E-state index in [-0.39, 0.29) is 5.82 Å². The Bertz CT molecular complexity index is 485. The van der Waals surface area contributed by atoms with Crippen LogP contribution in [-0.2, 0) is 6.54 Å². The summed E-state index contributed by atoms with van der Waals surface area (Å²) in [5.74, 6) is 1.04. The molecule has 4 heteroatoms. The van der Waals surface area contributed by atoms with Crippen molar-refractivity contribution in [3.8, 4) is 0 Å². The molecule has 1 fully saturated rings. The summed E-state index contributed by atoms with van der Waals surface area (Å²) in [7, 11) is 0. The van der Waals surface area contributed by atoms with E-state index >= 15 is 0 Å². The van der Waals surface area contributed by atoms with E-state index in [9.17, 15) is 4.39 Å². The van der Waals surface area contributed by atoms with Crippen molar-refractivity contribution in [1.29, 1.82) is 0 Å². The van der Waals surface area contributed by atoms with Gasteiger partial charge in [0, 0.05) is 28.6 Å². The molecule has 0 spiro atoms. The van der Waals surface area contributed by atoms with Gasteiger partial charge in [-0.3, -0.25) is 0 Å². The fourth-order valence-electron chi connectivity index (χ4n) is 2.52. The van der Waals surface area contributed by atoms with Gasteiger partial charge in [0.15, 0.2) is 0 Å². The normalized spacial score (nSPS) is 19.2. The number of aliphatic imine (C=N–C) groups is 1. The van der Waals surface area contributed by atoms with Gasteiger partial charge in [0.05, 0.1) is 5.69 Å². The lowest BCUT2D eigenvalue weighted by molar-refractivity contribution is 0.394. The second-order valence-electron chi connectivity index (χ2n) is 4.65. The molecule has 17 heavy (non-hydrogen) atoms. The van der Waals surface area contributed by atoms with Crippen LogP contribution in [0, 0.1) is 9.39 Å². The standard InChI is InChI=1S/C13H14FIN2/c14-11-6-9(15)7-12-10(11)8-17-5-3-1-2-4-13(17)16-12/h6-7H,1-5,8H2. The molecule has 2 aliphatic heterocycles. The molecular weight excluding hydrogens is 330 g/mol. The van der Waals surface area contributed by atoms with Crippen LogP contribution in [0.2, 0.25) is 0 Å².